The molecule has 1 aromatic carbocycles. The zero-order chi connectivity index (χ0) is 16.2. The third-order valence-corrected chi connectivity index (χ3v) is 3.49. The van der Waals surface area contributed by atoms with Crippen LogP contribution in [-0.4, -0.2) is 25.3 Å². The largest absolute Gasteiger partial charge is 0.497 e. The van der Waals surface area contributed by atoms with Crippen molar-refractivity contribution in [2.24, 2.45) is 0 Å². The molecule has 1 aromatic heterocycles. The zero-order valence-corrected chi connectivity index (χ0v) is 13.7. The summed E-state index contributed by atoms with van der Waals surface area (Å²) >= 11 is 0. The van der Waals surface area contributed by atoms with Crippen LogP contribution in [0.2, 0.25) is 0 Å². The summed E-state index contributed by atoms with van der Waals surface area (Å²) in [5, 5.41) is 0. The van der Waals surface area contributed by atoms with Gasteiger partial charge in [-0.15, -0.1) is 0 Å². The van der Waals surface area contributed by atoms with Gasteiger partial charge in [-0.2, -0.15) is 0 Å². The van der Waals surface area contributed by atoms with E-state index in [1.54, 1.807) is 19.4 Å². The van der Waals surface area contributed by atoms with E-state index in [2.05, 4.69) is 17.1 Å². The molecule has 0 aliphatic carbocycles. The molecule has 1 heterocycles. The van der Waals surface area contributed by atoms with Crippen molar-refractivity contribution in [1.29, 1.82) is 0 Å². The SMILES string of the molecule is COc1ccnc(OCCCCCCOCc2ccccc2)c1. The number of hydrogen-bond donors (Lipinski definition) is 0. The first-order valence-electron chi connectivity index (χ1n) is 8.13. The van der Waals surface area contributed by atoms with Gasteiger partial charge in [0.25, 0.3) is 0 Å². The number of pyridine rings is 1. The summed E-state index contributed by atoms with van der Waals surface area (Å²) in [6, 6.07) is 13.9. The third-order valence-electron chi connectivity index (χ3n) is 3.49. The minimum Gasteiger partial charge on any atom is -0.497 e. The number of aromatic nitrogens is 1. The molecule has 4 nitrogen and oxygen atoms in total. The molecule has 0 saturated heterocycles. The summed E-state index contributed by atoms with van der Waals surface area (Å²) in [6.45, 7) is 2.20. The van der Waals surface area contributed by atoms with E-state index < -0.39 is 0 Å². The van der Waals surface area contributed by atoms with E-state index in [1.165, 1.54) is 5.56 Å². The van der Waals surface area contributed by atoms with Gasteiger partial charge in [0, 0.05) is 18.9 Å². The molecule has 0 saturated carbocycles. The fourth-order valence-corrected chi connectivity index (χ4v) is 2.20. The molecule has 23 heavy (non-hydrogen) atoms. The number of nitrogens with zero attached hydrogens (tertiary/aromatic N) is 1. The Labute approximate surface area is 138 Å². The van der Waals surface area contributed by atoms with Crippen LogP contribution in [0.15, 0.2) is 48.7 Å². The Morgan fingerprint density at radius 2 is 1.70 bits per heavy atom. The predicted octanol–water partition coefficient (Wildman–Crippen LogP) is 4.25. The number of benzene rings is 1. The Balaban J connectivity index is 1.45. The zero-order valence-electron chi connectivity index (χ0n) is 13.7. The van der Waals surface area contributed by atoms with E-state index >= 15 is 0 Å². The summed E-state index contributed by atoms with van der Waals surface area (Å²) in [5.74, 6) is 1.39. The monoisotopic (exact) mass is 315 g/mol. The van der Waals surface area contributed by atoms with E-state index in [4.69, 9.17) is 14.2 Å². The van der Waals surface area contributed by atoms with Crippen LogP contribution in [0.4, 0.5) is 0 Å². The van der Waals surface area contributed by atoms with Crippen molar-refractivity contribution >= 4 is 0 Å². The van der Waals surface area contributed by atoms with Gasteiger partial charge in [-0.25, -0.2) is 4.98 Å². The highest BCUT2D eigenvalue weighted by Crippen LogP contribution is 2.16. The minimum absolute atomic E-state index is 0.621. The highest BCUT2D eigenvalue weighted by atomic mass is 16.5. The van der Waals surface area contributed by atoms with Gasteiger partial charge in [0.2, 0.25) is 5.88 Å². The van der Waals surface area contributed by atoms with Crippen LogP contribution >= 0.6 is 0 Å². The first-order valence-corrected chi connectivity index (χ1v) is 8.13. The maximum absolute atomic E-state index is 5.67. The van der Waals surface area contributed by atoms with Crippen molar-refractivity contribution in [2.75, 3.05) is 20.3 Å². The second-order valence-corrected chi connectivity index (χ2v) is 5.33. The van der Waals surface area contributed by atoms with Crippen LogP contribution in [0.25, 0.3) is 0 Å². The fourth-order valence-electron chi connectivity index (χ4n) is 2.20. The maximum Gasteiger partial charge on any atom is 0.216 e. The summed E-state index contributed by atoms with van der Waals surface area (Å²) < 4.78 is 16.4. The van der Waals surface area contributed by atoms with Crippen molar-refractivity contribution in [3.05, 3.63) is 54.2 Å². The number of methoxy groups -OCH3 is 1. The van der Waals surface area contributed by atoms with E-state index in [1.807, 2.05) is 24.3 Å². The van der Waals surface area contributed by atoms with Gasteiger partial charge in [-0.05, 0) is 30.9 Å². The molecule has 0 fully saturated rings. The normalized spacial score (nSPS) is 10.5. The van der Waals surface area contributed by atoms with Gasteiger partial charge in [0.15, 0.2) is 0 Å². The Bertz CT molecular complexity index is 545. The highest BCUT2D eigenvalue weighted by molar-refractivity contribution is 5.25. The Morgan fingerprint density at radius 1 is 0.913 bits per heavy atom. The molecule has 4 heteroatoms. The number of rotatable bonds is 11. The standard InChI is InChI=1S/C19H25NO3/c1-21-18-11-12-20-19(15-18)23-14-8-3-2-7-13-22-16-17-9-5-4-6-10-17/h4-6,9-12,15H,2-3,7-8,13-14,16H2,1H3. The molecule has 0 radical (unpaired) electrons. The second kappa shape index (κ2) is 10.6. The first-order chi connectivity index (χ1) is 11.4. The molecule has 124 valence electrons. The van der Waals surface area contributed by atoms with Crippen molar-refractivity contribution in [3.63, 3.8) is 0 Å². The van der Waals surface area contributed by atoms with Crippen LogP contribution in [-0.2, 0) is 11.3 Å². The maximum atomic E-state index is 5.67. The average Bonchev–Trinajstić information content (AvgIpc) is 2.61. The van der Waals surface area contributed by atoms with E-state index in [-0.39, 0.29) is 0 Å². The van der Waals surface area contributed by atoms with Crippen molar-refractivity contribution in [2.45, 2.75) is 32.3 Å². The van der Waals surface area contributed by atoms with Crippen molar-refractivity contribution in [3.8, 4) is 11.6 Å². The third kappa shape index (κ3) is 7.15. The molecule has 0 aliphatic heterocycles. The molecule has 2 rings (SSSR count). The van der Waals surface area contributed by atoms with Gasteiger partial charge in [-0.1, -0.05) is 36.8 Å². The van der Waals surface area contributed by atoms with Gasteiger partial charge < -0.3 is 14.2 Å². The minimum atomic E-state index is 0.621. The summed E-state index contributed by atoms with van der Waals surface area (Å²) in [6.07, 6.45) is 6.10. The molecule has 0 spiro atoms. The Hall–Kier alpha value is -2.07. The predicted molar refractivity (Wildman–Crippen MR) is 90.9 cm³/mol. The summed E-state index contributed by atoms with van der Waals surface area (Å²) in [7, 11) is 1.64. The molecule has 0 amide bonds. The number of ether oxygens (including phenoxy) is 3. The molecular weight excluding hydrogens is 290 g/mol. The highest BCUT2D eigenvalue weighted by Gasteiger charge is 1.98. The van der Waals surface area contributed by atoms with Gasteiger partial charge >= 0.3 is 0 Å². The molecular formula is C19H25NO3. The molecule has 0 N–H and O–H groups in total. The van der Waals surface area contributed by atoms with Gasteiger partial charge in [0.1, 0.15) is 5.75 Å². The number of hydrogen-bond acceptors (Lipinski definition) is 4. The molecule has 0 bridgehead atoms. The van der Waals surface area contributed by atoms with Crippen molar-refractivity contribution in [1.82, 2.24) is 4.98 Å². The van der Waals surface area contributed by atoms with Crippen molar-refractivity contribution < 1.29 is 14.2 Å². The van der Waals surface area contributed by atoms with E-state index in [9.17, 15) is 0 Å². The van der Waals surface area contributed by atoms with Crippen LogP contribution in [0.5, 0.6) is 11.6 Å². The lowest BCUT2D eigenvalue weighted by Crippen LogP contribution is -2.00. The van der Waals surface area contributed by atoms with Crippen LogP contribution in [0, 0.1) is 0 Å². The summed E-state index contributed by atoms with van der Waals surface area (Å²) in [5.41, 5.74) is 1.23. The second-order valence-electron chi connectivity index (χ2n) is 5.33. The van der Waals surface area contributed by atoms with Crippen LogP contribution < -0.4 is 9.47 Å². The summed E-state index contributed by atoms with van der Waals surface area (Å²) in [4.78, 5) is 4.15. The topological polar surface area (TPSA) is 40.6 Å². The average molecular weight is 315 g/mol. The van der Waals surface area contributed by atoms with Crippen LogP contribution in [0.3, 0.4) is 0 Å². The Morgan fingerprint density at radius 3 is 2.48 bits per heavy atom. The lowest BCUT2D eigenvalue weighted by molar-refractivity contribution is 0.116. The lowest BCUT2D eigenvalue weighted by atomic mass is 10.2. The van der Waals surface area contributed by atoms with Crippen LogP contribution in [0.1, 0.15) is 31.2 Å². The Kier molecular flexibility index (Phi) is 7.98. The number of unbranched alkanes of at least 4 members (excludes halogenated alkanes) is 3. The molecule has 0 atom stereocenters. The fraction of sp³-hybridized carbons (Fsp3) is 0.421. The molecule has 0 unspecified atom stereocenters. The van der Waals surface area contributed by atoms with Gasteiger partial charge in [-0.3, -0.25) is 0 Å². The van der Waals surface area contributed by atoms with Gasteiger partial charge in [0.05, 0.1) is 20.3 Å². The van der Waals surface area contributed by atoms with E-state index in [0.29, 0.717) is 19.1 Å². The lowest BCUT2D eigenvalue weighted by Gasteiger charge is -2.07. The van der Waals surface area contributed by atoms with E-state index in [0.717, 1.165) is 38.0 Å². The quantitative estimate of drug-likeness (QED) is 0.581. The molecule has 0 aliphatic rings. The smallest absolute Gasteiger partial charge is 0.216 e. The first kappa shape index (κ1) is 17.3. The molecule has 2 aromatic rings.